The Morgan fingerprint density at radius 3 is 2.89 bits per heavy atom. The van der Waals surface area contributed by atoms with Crippen LogP contribution in [0.25, 0.3) is 11.3 Å². The van der Waals surface area contributed by atoms with E-state index in [-0.39, 0.29) is 11.5 Å². The third kappa shape index (κ3) is 1.54. The molecule has 1 aromatic carbocycles. The first-order valence-corrected chi connectivity index (χ1v) is 5.28. The van der Waals surface area contributed by atoms with E-state index in [4.69, 9.17) is 14.4 Å². The fourth-order valence-corrected chi connectivity index (χ4v) is 2.02. The highest BCUT2D eigenvalue weighted by molar-refractivity contribution is 5.86. The predicted octanol–water partition coefficient (Wildman–Crippen LogP) is 1.78. The van der Waals surface area contributed by atoms with Crippen molar-refractivity contribution in [2.75, 3.05) is 0 Å². The Hall–Kier alpha value is -2.34. The molecule has 3 rings (SSSR count). The van der Waals surface area contributed by atoms with Crippen LogP contribution in [-0.4, -0.2) is 21.3 Å². The smallest absolute Gasteiger partial charge is 0.374 e. The van der Waals surface area contributed by atoms with Gasteiger partial charge in [-0.05, 0) is 17.2 Å². The Morgan fingerprint density at radius 2 is 2.17 bits per heavy atom. The van der Waals surface area contributed by atoms with Crippen LogP contribution >= 0.6 is 0 Å². The van der Waals surface area contributed by atoms with Crippen molar-refractivity contribution in [3.8, 4) is 17.0 Å². The number of carboxylic acid groups (broad SMARTS) is 1. The lowest BCUT2D eigenvalue weighted by molar-refractivity contribution is 0.0652. The fourth-order valence-electron chi connectivity index (χ4n) is 2.02. The highest BCUT2D eigenvalue weighted by Crippen LogP contribution is 2.37. The van der Waals surface area contributed by atoms with Gasteiger partial charge in [0.2, 0.25) is 5.76 Å². The van der Waals surface area contributed by atoms with Crippen LogP contribution < -0.4 is 0 Å². The number of ether oxygens (including phenoxy) is 1. The highest BCUT2D eigenvalue weighted by atomic mass is 16.5. The first-order chi connectivity index (χ1) is 8.66. The van der Waals surface area contributed by atoms with Crippen molar-refractivity contribution in [2.45, 2.75) is 13.2 Å². The van der Waals surface area contributed by atoms with E-state index < -0.39 is 5.97 Å². The molecule has 1 aliphatic heterocycles. The highest BCUT2D eigenvalue weighted by Gasteiger charge is 2.23. The quantitative estimate of drug-likeness (QED) is 0.840. The number of rotatable bonds is 2. The number of nitrogens with zero attached hydrogens (tertiary/aromatic N) is 1. The van der Waals surface area contributed by atoms with Crippen LogP contribution in [0.4, 0.5) is 0 Å². The largest absolute Gasteiger partial charge is 0.507 e. The van der Waals surface area contributed by atoms with E-state index in [9.17, 15) is 9.90 Å². The second-order valence-corrected chi connectivity index (χ2v) is 3.97. The van der Waals surface area contributed by atoms with Crippen molar-refractivity contribution in [3.63, 3.8) is 0 Å². The zero-order valence-corrected chi connectivity index (χ0v) is 9.21. The number of hydrogen-bond donors (Lipinski definition) is 2. The molecule has 6 heteroatoms. The molecule has 0 saturated heterocycles. The molecule has 0 atom stereocenters. The zero-order chi connectivity index (χ0) is 12.7. The molecular formula is C12H9NO5. The second kappa shape index (κ2) is 3.85. The van der Waals surface area contributed by atoms with Crippen LogP contribution in [0.5, 0.6) is 5.75 Å². The molecule has 0 radical (unpaired) electrons. The Kier molecular flexibility index (Phi) is 2.31. The number of aromatic nitrogens is 1. The van der Waals surface area contributed by atoms with Crippen LogP contribution in [0.3, 0.4) is 0 Å². The van der Waals surface area contributed by atoms with Crippen LogP contribution in [0.1, 0.15) is 21.7 Å². The molecule has 1 aromatic heterocycles. The van der Waals surface area contributed by atoms with Crippen molar-refractivity contribution >= 4 is 5.97 Å². The second-order valence-electron chi connectivity index (χ2n) is 3.97. The van der Waals surface area contributed by atoms with Gasteiger partial charge in [-0.2, -0.15) is 0 Å². The van der Waals surface area contributed by atoms with E-state index in [1.54, 1.807) is 6.07 Å². The molecule has 0 unspecified atom stereocenters. The molecule has 2 N–H and O–H groups in total. The Labute approximate surface area is 101 Å². The number of hydrogen-bond acceptors (Lipinski definition) is 5. The monoisotopic (exact) mass is 247 g/mol. The van der Waals surface area contributed by atoms with Gasteiger partial charge in [0.25, 0.3) is 0 Å². The Bertz CT molecular complexity index is 631. The van der Waals surface area contributed by atoms with Gasteiger partial charge in [0.15, 0.2) is 0 Å². The number of carboxylic acids is 1. The minimum Gasteiger partial charge on any atom is -0.507 e. The average molecular weight is 247 g/mol. The number of aromatic carboxylic acids is 1. The molecule has 0 fully saturated rings. The van der Waals surface area contributed by atoms with Crippen molar-refractivity contribution in [3.05, 3.63) is 35.1 Å². The van der Waals surface area contributed by atoms with Gasteiger partial charge in [-0.3, -0.25) is 0 Å². The molecular weight excluding hydrogens is 238 g/mol. The first-order valence-electron chi connectivity index (χ1n) is 5.28. The van der Waals surface area contributed by atoms with E-state index in [1.165, 1.54) is 12.1 Å². The summed E-state index contributed by atoms with van der Waals surface area (Å²) in [6, 6.07) is 4.60. The maximum atomic E-state index is 10.7. The molecule has 18 heavy (non-hydrogen) atoms. The molecule has 0 amide bonds. The molecule has 2 aromatic rings. The van der Waals surface area contributed by atoms with Crippen LogP contribution in [0, 0.1) is 0 Å². The molecule has 0 bridgehead atoms. The normalized spacial score (nSPS) is 13.6. The van der Waals surface area contributed by atoms with Crippen LogP contribution in [0.2, 0.25) is 0 Å². The number of aromatic hydroxyl groups is 1. The minimum atomic E-state index is -1.20. The maximum Gasteiger partial charge on any atom is 0.374 e. The fraction of sp³-hybridized carbons (Fsp3) is 0.167. The van der Waals surface area contributed by atoms with Gasteiger partial charge in [-0.15, -0.1) is 0 Å². The number of benzene rings is 1. The lowest BCUT2D eigenvalue weighted by atomic mass is 10.00. The summed E-state index contributed by atoms with van der Waals surface area (Å²) in [6.07, 6.45) is 0. The summed E-state index contributed by atoms with van der Waals surface area (Å²) >= 11 is 0. The van der Waals surface area contributed by atoms with Gasteiger partial charge in [-0.25, -0.2) is 4.79 Å². The van der Waals surface area contributed by atoms with Gasteiger partial charge in [-0.1, -0.05) is 11.2 Å². The van der Waals surface area contributed by atoms with Gasteiger partial charge < -0.3 is 19.5 Å². The SMILES string of the molecule is O=C(O)c1cc(-c2c(O)ccc3c2COC3)no1. The minimum absolute atomic E-state index is 0.0319. The third-order valence-electron chi connectivity index (χ3n) is 2.87. The molecule has 0 saturated carbocycles. The van der Waals surface area contributed by atoms with E-state index in [0.717, 1.165) is 11.1 Å². The number of fused-ring (bicyclic) bond motifs is 1. The van der Waals surface area contributed by atoms with Crippen molar-refractivity contribution < 1.29 is 24.3 Å². The van der Waals surface area contributed by atoms with E-state index in [1.807, 2.05) is 0 Å². The maximum absolute atomic E-state index is 10.7. The molecule has 0 aliphatic carbocycles. The molecule has 92 valence electrons. The predicted molar refractivity (Wildman–Crippen MR) is 59.1 cm³/mol. The topological polar surface area (TPSA) is 92.8 Å². The van der Waals surface area contributed by atoms with Crippen molar-refractivity contribution in [1.82, 2.24) is 5.16 Å². The van der Waals surface area contributed by atoms with Crippen molar-refractivity contribution in [2.24, 2.45) is 0 Å². The number of phenolic OH excluding ortho intramolecular Hbond substituents is 1. The Balaban J connectivity index is 2.16. The summed E-state index contributed by atoms with van der Waals surface area (Å²) in [5.74, 6) is -1.43. The van der Waals surface area contributed by atoms with Crippen LogP contribution in [0.15, 0.2) is 22.7 Å². The first kappa shape index (κ1) is 10.8. The van der Waals surface area contributed by atoms with Crippen molar-refractivity contribution in [1.29, 1.82) is 0 Å². The average Bonchev–Trinajstić information content (AvgIpc) is 2.95. The third-order valence-corrected chi connectivity index (χ3v) is 2.87. The van der Waals surface area contributed by atoms with Gasteiger partial charge >= 0.3 is 5.97 Å². The summed E-state index contributed by atoms with van der Waals surface area (Å²) in [6.45, 7) is 0.848. The zero-order valence-electron chi connectivity index (χ0n) is 9.21. The lowest BCUT2D eigenvalue weighted by Gasteiger charge is -2.06. The lowest BCUT2D eigenvalue weighted by Crippen LogP contribution is -1.92. The molecule has 0 spiro atoms. The summed E-state index contributed by atoms with van der Waals surface area (Å²) in [5, 5.41) is 22.4. The van der Waals surface area contributed by atoms with Crippen LogP contribution in [-0.2, 0) is 18.0 Å². The molecule has 2 heterocycles. The standard InChI is InChI=1S/C12H9NO5/c14-9-2-1-6-4-17-5-7(6)11(9)8-3-10(12(15)16)18-13-8/h1-3,14H,4-5H2,(H,15,16). The van der Waals surface area contributed by atoms with E-state index >= 15 is 0 Å². The Morgan fingerprint density at radius 1 is 1.33 bits per heavy atom. The van der Waals surface area contributed by atoms with Gasteiger partial charge in [0.05, 0.1) is 18.8 Å². The van der Waals surface area contributed by atoms with Gasteiger partial charge in [0, 0.05) is 6.07 Å². The summed E-state index contributed by atoms with van der Waals surface area (Å²) in [5.41, 5.74) is 2.55. The molecule has 6 nitrogen and oxygen atoms in total. The number of phenols is 1. The summed E-state index contributed by atoms with van der Waals surface area (Å²) < 4.78 is 9.99. The summed E-state index contributed by atoms with van der Waals surface area (Å²) in [4.78, 5) is 10.7. The van der Waals surface area contributed by atoms with E-state index in [2.05, 4.69) is 5.16 Å². The summed E-state index contributed by atoms with van der Waals surface area (Å²) in [7, 11) is 0. The van der Waals surface area contributed by atoms with Gasteiger partial charge in [0.1, 0.15) is 11.4 Å². The molecule has 1 aliphatic rings. The van der Waals surface area contributed by atoms with E-state index in [0.29, 0.717) is 24.5 Å². The number of carbonyl (C=O) groups is 1.